The smallest absolute Gasteiger partial charge is 0.255 e. The highest BCUT2D eigenvalue weighted by Gasteiger charge is 2.19. The Hall–Kier alpha value is -2.30. The van der Waals surface area contributed by atoms with E-state index in [0.29, 0.717) is 12.0 Å². The van der Waals surface area contributed by atoms with Crippen molar-refractivity contribution in [3.63, 3.8) is 0 Å². The fraction of sp³-hybridized carbons (Fsp3) is 0.412. The first-order valence-corrected chi connectivity index (χ1v) is 7.37. The Kier molecular flexibility index (Phi) is 4.85. The number of methoxy groups -OCH3 is 1. The summed E-state index contributed by atoms with van der Waals surface area (Å²) in [6.07, 6.45) is 0.716. The van der Waals surface area contributed by atoms with E-state index < -0.39 is 0 Å². The summed E-state index contributed by atoms with van der Waals surface area (Å²) < 4.78 is 7.08. The molecule has 0 radical (unpaired) electrons. The molecule has 2 aromatic rings. The van der Waals surface area contributed by atoms with Crippen molar-refractivity contribution in [3.8, 4) is 5.75 Å². The maximum atomic E-state index is 12.5. The molecule has 1 amide bonds. The fourth-order valence-corrected chi connectivity index (χ4v) is 2.65. The maximum Gasteiger partial charge on any atom is 0.255 e. The number of nitrogens with zero attached hydrogens (tertiary/aromatic N) is 2. The van der Waals surface area contributed by atoms with Crippen LogP contribution in [0, 0.1) is 13.8 Å². The number of nitrogens with one attached hydrogen (secondary N) is 1. The first-order chi connectivity index (χ1) is 10.4. The molecule has 0 aliphatic rings. The van der Waals surface area contributed by atoms with E-state index in [1.807, 2.05) is 52.1 Å². The van der Waals surface area contributed by atoms with Gasteiger partial charge in [0.15, 0.2) is 0 Å². The lowest BCUT2D eigenvalue weighted by Gasteiger charge is -2.16. The third kappa shape index (κ3) is 3.30. The fourth-order valence-electron chi connectivity index (χ4n) is 2.65. The van der Waals surface area contributed by atoms with Crippen molar-refractivity contribution >= 4 is 5.91 Å². The summed E-state index contributed by atoms with van der Waals surface area (Å²) in [6.45, 7) is 5.75. The second-order valence-electron chi connectivity index (χ2n) is 5.56. The first kappa shape index (κ1) is 16.1. The van der Waals surface area contributed by atoms with Gasteiger partial charge in [0, 0.05) is 18.8 Å². The number of hydrogen-bond acceptors (Lipinski definition) is 3. The third-order valence-corrected chi connectivity index (χ3v) is 3.83. The van der Waals surface area contributed by atoms with Gasteiger partial charge in [0.25, 0.3) is 5.91 Å². The molecule has 1 aromatic carbocycles. The number of rotatable bonds is 5. The summed E-state index contributed by atoms with van der Waals surface area (Å²) in [4.78, 5) is 12.5. The molecule has 0 spiro atoms. The molecule has 1 unspecified atom stereocenters. The van der Waals surface area contributed by atoms with E-state index in [4.69, 9.17) is 4.74 Å². The highest BCUT2D eigenvalue weighted by atomic mass is 16.5. The number of carbonyl (C=O) groups excluding carboxylic acids is 1. The summed E-state index contributed by atoms with van der Waals surface area (Å²) in [7, 11) is 3.50. The van der Waals surface area contributed by atoms with Crippen molar-refractivity contribution in [2.24, 2.45) is 7.05 Å². The summed E-state index contributed by atoms with van der Waals surface area (Å²) in [5.74, 6) is 0.767. The Bertz CT molecular complexity index is 677. The second-order valence-corrected chi connectivity index (χ2v) is 5.56. The Morgan fingerprint density at radius 1 is 1.36 bits per heavy atom. The normalized spacial score (nSPS) is 12.0. The molecule has 0 saturated carbocycles. The number of benzene rings is 1. The van der Waals surface area contributed by atoms with Gasteiger partial charge in [-0.3, -0.25) is 9.48 Å². The molecule has 0 fully saturated rings. The van der Waals surface area contributed by atoms with Gasteiger partial charge >= 0.3 is 0 Å². The summed E-state index contributed by atoms with van der Waals surface area (Å²) in [6, 6.07) is 7.86. The molecule has 2 rings (SSSR count). The number of amides is 1. The van der Waals surface area contributed by atoms with E-state index in [1.165, 1.54) is 0 Å². The molecule has 1 aromatic heterocycles. The molecule has 118 valence electrons. The molecule has 1 N–H and O–H groups in total. The van der Waals surface area contributed by atoms with Crippen LogP contribution in [0.3, 0.4) is 0 Å². The lowest BCUT2D eigenvalue weighted by molar-refractivity contribution is 0.0938. The number of carbonyl (C=O) groups is 1. The summed E-state index contributed by atoms with van der Waals surface area (Å²) in [5, 5.41) is 7.33. The molecule has 5 nitrogen and oxygen atoms in total. The number of aryl methyl sites for hydroxylation is 2. The van der Waals surface area contributed by atoms with Crippen LogP contribution in [0.5, 0.6) is 5.75 Å². The van der Waals surface area contributed by atoms with Gasteiger partial charge in [0.05, 0.1) is 18.4 Å². The molecular weight excluding hydrogens is 278 g/mol. The number of para-hydroxylation sites is 1. The van der Waals surface area contributed by atoms with Crippen LogP contribution < -0.4 is 10.1 Å². The third-order valence-electron chi connectivity index (χ3n) is 3.83. The van der Waals surface area contributed by atoms with Crippen LogP contribution in [0.2, 0.25) is 0 Å². The van der Waals surface area contributed by atoms with Crippen molar-refractivity contribution in [2.75, 3.05) is 7.11 Å². The molecule has 0 saturated heterocycles. The van der Waals surface area contributed by atoms with Crippen molar-refractivity contribution < 1.29 is 9.53 Å². The second kappa shape index (κ2) is 6.64. The van der Waals surface area contributed by atoms with Crippen LogP contribution in [-0.4, -0.2) is 28.8 Å². The van der Waals surface area contributed by atoms with Gasteiger partial charge in [0.1, 0.15) is 5.75 Å². The summed E-state index contributed by atoms with van der Waals surface area (Å²) in [5.41, 5.74) is 3.37. The van der Waals surface area contributed by atoms with E-state index in [0.717, 1.165) is 22.7 Å². The molecule has 5 heteroatoms. The standard InChI is InChI=1S/C17H23N3O2/c1-11(10-14-8-6-7-9-15(14)22-5)18-17(21)16-12(2)19-20(4)13(16)3/h6-9,11H,10H2,1-5H3,(H,18,21). The minimum atomic E-state index is -0.0782. The predicted octanol–water partition coefficient (Wildman–Crippen LogP) is 2.41. The van der Waals surface area contributed by atoms with Crippen molar-refractivity contribution in [1.82, 2.24) is 15.1 Å². The Morgan fingerprint density at radius 3 is 2.64 bits per heavy atom. The number of hydrogen-bond donors (Lipinski definition) is 1. The highest BCUT2D eigenvalue weighted by Crippen LogP contribution is 2.19. The van der Waals surface area contributed by atoms with Crippen LogP contribution in [0.25, 0.3) is 0 Å². The minimum Gasteiger partial charge on any atom is -0.496 e. The van der Waals surface area contributed by atoms with Gasteiger partial charge in [-0.1, -0.05) is 18.2 Å². The predicted molar refractivity (Wildman–Crippen MR) is 86.3 cm³/mol. The zero-order chi connectivity index (χ0) is 16.3. The molecular formula is C17H23N3O2. The lowest BCUT2D eigenvalue weighted by atomic mass is 10.1. The van der Waals surface area contributed by atoms with E-state index in [9.17, 15) is 4.79 Å². The van der Waals surface area contributed by atoms with Gasteiger partial charge in [-0.25, -0.2) is 0 Å². The number of aromatic nitrogens is 2. The molecule has 0 bridgehead atoms. The largest absolute Gasteiger partial charge is 0.496 e. The van der Waals surface area contributed by atoms with Crippen LogP contribution >= 0.6 is 0 Å². The monoisotopic (exact) mass is 301 g/mol. The van der Waals surface area contributed by atoms with Crippen LogP contribution in [0.4, 0.5) is 0 Å². The van der Waals surface area contributed by atoms with Crippen LogP contribution in [0.1, 0.15) is 34.2 Å². The maximum absolute atomic E-state index is 12.5. The van der Waals surface area contributed by atoms with Crippen LogP contribution in [-0.2, 0) is 13.5 Å². The molecule has 0 aliphatic heterocycles. The topological polar surface area (TPSA) is 56.1 Å². The van der Waals surface area contributed by atoms with Crippen molar-refractivity contribution in [2.45, 2.75) is 33.2 Å². The van der Waals surface area contributed by atoms with E-state index in [1.54, 1.807) is 11.8 Å². The van der Waals surface area contributed by atoms with Gasteiger partial charge < -0.3 is 10.1 Å². The lowest BCUT2D eigenvalue weighted by Crippen LogP contribution is -2.34. The zero-order valence-electron chi connectivity index (χ0n) is 13.8. The van der Waals surface area contributed by atoms with Crippen LogP contribution in [0.15, 0.2) is 24.3 Å². The van der Waals surface area contributed by atoms with Gasteiger partial charge in [-0.2, -0.15) is 5.10 Å². The summed E-state index contributed by atoms with van der Waals surface area (Å²) >= 11 is 0. The number of ether oxygens (including phenoxy) is 1. The molecule has 1 heterocycles. The Morgan fingerprint density at radius 2 is 2.05 bits per heavy atom. The quantitative estimate of drug-likeness (QED) is 0.922. The molecule has 1 atom stereocenters. The molecule has 0 aliphatic carbocycles. The Balaban J connectivity index is 2.08. The van der Waals surface area contributed by atoms with Crippen molar-refractivity contribution in [1.29, 1.82) is 0 Å². The molecule has 22 heavy (non-hydrogen) atoms. The van der Waals surface area contributed by atoms with Gasteiger partial charge in [-0.15, -0.1) is 0 Å². The highest BCUT2D eigenvalue weighted by molar-refractivity contribution is 5.96. The van der Waals surface area contributed by atoms with E-state index in [-0.39, 0.29) is 11.9 Å². The minimum absolute atomic E-state index is 0.00260. The average molecular weight is 301 g/mol. The van der Waals surface area contributed by atoms with Gasteiger partial charge in [0.2, 0.25) is 0 Å². The van der Waals surface area contributed by atoms with E-state index in [2.05, 4.69) is 10.4 Å². The average Bonchev–Trinajstić information content (AvgIpc) is 2.72. The SMILES string of the molecule is COc1ccccc1CC(C)NC(=O)c1c(C)nn(C)c1C. The van der Waals surface area contributed by atoms with E-state index >= 15 is 0 Å². The first-order valence-electron chi connectivity index (χ1n) is 7.37. The van der Waals surface area contributed by atoms with Gasteiger partial charge in [-0.05, 0) is 38.8 Å². The zero-order valence-corrected chi connectivity index (χ0v) is 13.8. The van der Waals surface area contributed by atoms with Crippen molar-refractivity contribution in [3.05, 3.63) is 46.8 Å². The Labute approximate surface area is 131 Å².